The Hall–Kier alpha value is -4.89. The number of morpholine rings is 1. The average molecular weight is 567 g/mol. The lowest BCUT2D eigenvalue weighted by Crippen LogP contribution is -2.44. The van der Waals surface area contributed by atoms with E-state index in [0.29, 0.717) is 38.6 Å². The number of hydrogen-bond donors (Lipinski definition) is 1. The second-order valence-corrected chi connectivity index (χ2v) is 9.76. The van der Waals surface area contributed by atoms with Crippen LogP contribution in [0.2, 0.25) is 0 Å². The Balaban J connectivity index is 1.07. The summed E-state index contributed by atoms with van der Waals surface area (Å²) in [5.41, 5.74) is 5.07. The number of hydrogen-bond acceptors (Lipinski definition) is 6. The lowest BCUT2D eigenvalue weighted by atomic mass is 9.98. The molecule has 42 heavy (non-hydrogen) atoms. The van der Waals surface area contributed by atoms with Gasteiger partial charge in [-0.15, -0.1) is 0 Å². The monoisotopic (exact) mass is 566 g/mol. The van der Waals surface area contributed by atoms with E-state index in [4.69, 9.17) is 14.2 Å². The van der Waals surface area contributed by atoms with E-state index in [9.17, 15) is 9.90 Å². The highest BCUT2D eigenvalue weighted by atomic mass is 16.6. The summed E-state index contributed by atoms with van der Waals surface area (Å²) >= 11 is 0. The average Bonchev–Trinajstić information content (AvgIpc) is 3.05. The molecule has 2 heterocycles. The first kappa shape index (κ1) is 28.6. The standard InChI is InChI=1S/C33H34N4O5/c38-32(34-23-26-7-6-17-36(24-26)25-42-33(39)37-18-21-40-22-19-37)35-29-12-14-30(15-13-29)41-20-16-28-10-4-5-11-31(28)27-8-2-1-3-9-27/h1-15,17,24H,16,18-23,25H2,(H-,34,35,38). The summed E-state index contributed by atoms with van der Waals surface area (Å²) in [6, 6.07) is 29.2. The van der Waals surface area contributed by atoms with Crippen molar-refractivity contribution in [1.29, 1.82) is 0 Å². The van der Waals surface area contributed by atoms with E-state index < -0.39 is 6.02 Å². The van der Waals surface area contributed by atoms with Gasteiger partial charge in [0.1, 0.15) is 5.75 Å². The molecule has 1 aromatic heterocycles. The normalized spacial score (nSPS) is 13.4. The molecule has 0 aliphatic carbocycles. The molecule has 1 aliphatic rings. The molecule has 0 saturated carbocycles. The van der Waals surface area contributed by atoms with Gasteiger partial charge in [-0.2, -0.15) is 4.57 Å². The van der Waals surface area contributed by atoms with Gasteiger partial charge in [0.05, 0.1) is 32.4 Å². The smallest absolute Gasteiger partial charge is 0.414 e. The van der Waals surface area contributed by atoms with E-state index in [0.717, 1.165) is 17.7 Å². The van der Waals surface area contributed by atoms with Crippen molar-refractivity contribution in [2.75, 3.05) is 38.2 Å². The fraction of sp³-hybridized carbons (Fsp3) is 0.242. The van der Waals surface area contributed by atoms with Crippen LogP contribution in [0, 0.1) is 0 Å². The van der Waals surface area contributed by atoms with Gasteiger partial charge in [-0.05, 0) is 47.0 Å². The number of benzene rings is 3. The summed E-state index contributed by atoms with van der Waals surface area (Å²) < 4.78 is 18.3. The third-order valence-corrected chi connectivity index (χ3v) is 6.78. The molecule has 216 valence electrons. The van der Waals surface area contributed by atoms with Gasteiger partial charge >= 0.3 is 6.09 Å². The topological polar surface area (TPSA) is 99.3 Å². The second kappa shape index (κ2) is 14.7. The van der Waals surface area contributed by atoms with Crippen molar-refractivity contribution in [3.8, 4) is 16.9 Å². The Morgan fingerprint density at radius 1 is 0.952 bits per heavy atom. The molecule has 1 saturated heterocycles. The molecule has 0 spiro atoms. The fourth-order valence-corrected chi connectivity index (χ4v) is 4.59. The molecule has 1 fully saturated rings. The Bertz CT molecular complexity index is 1470. The summed E-state index contributed by atoms with van der Waals surface area (Å²) in [4.78, 5) is 17.9. The van der Waals surface area contributed by atoms with Crippen molar-refractivity contribution in [3.63, 3.8) is 0 Å². The van der Waals surface area contributed by atoms with Gasteiger partial charge in [0.25, 0.3) is 6.73 Å². The van der Waals surface area contributed by atoms with Crippen molar-refractivity contribution in [2.45, 2.75) is 19.7 Å². The fourth-order valence-electron chi connectivity index (χ4n) is 4.59. The quantitative estimate of drug-likeness (QED) is 0.177. The highest BCUT2D eigenvalue weighted by molar-refractivity contribution is 5.85. The van der Waals surface area contributed by atoms with E-state index in [2.05, 4.69) is 40.6 Å². The molecule has 0 radical (unpaired) electrons. The lowest BCUT2D eigenvalue weighted by Gasteiger charge is -2.25. The first-order chi connectivity index (χ1) is 20.6. The minimum Gasteiger partial charge on any atom is -0.846 e. The van der Waals surface area contributed by atoms with Crippen LogP contribution >= 0.6 is 0 Å². The van der Waals surface area contributed by atoms with E-state index in [1.54, 1.807) is 34.0 Å². The van der Waals surface area contributed by atoms with Crippen LogP contribution < -0.4 is 19.7 Å². The first-order valence-corrected chi connectivity index (χ1v) is 14.0. The number of carbonyl (C=O) groups excluding carboxylic acids is 1. The third kappa shape index (κ3) is 8.31. The maximum absolute atomic E-state index is 12.4. The van der Waals surface area contributed by atoms with Crippen LogP contribution in [0.3, 0.4) is 0 Å². The van der Waals surface area contributed by atoms with Crippen LogP contribution in [-0.4, -0.2) is 49.9 Å². The molecule has 9 heteroatoms. The maximum atomic E-state index is 12.4. The van der Waals surface area contributed by atoms with Crippen molar-refractivity contribution in [3.05, 3.63) is 115 Å². The SMILES string of the molecule is O=C(OC[n+]1cccc(CN=C([O-])Nc2ccc(OCCc3ccccc3-c3ccccc3)cc2)c1)N1CCOCC1. The number of rotatable bonds is 10. The summed E-state index contributed by atoms with van der Waals surface area (Å²) in [6.07, 6.45) is 4.00. The van der Waals surface area contributed by atoms with Gasteiger partial charge in [0.15, 0.2) is 12.4 Å². The zero-order valence-corrected chi connectivity index (χ0v) is 23.4. The number of nitrogens with one attached hydrogen (secondary N) is 1. The van der Waals surface area contributed by atoms with Crippen LogP contribution in [0.1, 0.15) is 11.1 Å². The molecule has 0 bridgehead atoms. The molecule has 4 aromatic rings. The number of amidine groups is 1. The minimum atomic E-state index is -0.449. The minimum absolute atomic E-state index is 0.0736. The maximum Gasteiger partial charge on any atom is 0.414 e. The largest absolute Gasteiger partial charge is 0.846 e. The first-order valence-electron chi connectivity index (χ1n) is 14.0. The van der Waals surface area contributed by atoms with Crippen molar-refractivity contribution in [1.82, 2.24) is 4.90 Å². The highest BCUT2D eigenvalue weighted by Crippen LogP contribution is 2.24. The number of ether oxygens (including phenoxy) is 3. The van der Waals surface area contributed by atoms with Gasteiger partial charge in [0, 0.05) is 36.8 Å². The van der Waals surface area contributed by atoms with Crippen molar-refractivity contribution < 1.29 is 28.7 Å². The predicted molar refractivity (Wildman–Crippen MR) is 158 cm³/mol. The summed E-state index contributed by atoms with van der Waals surface area (Å²) in [6.45, 7) is 2.89. The van der Waals surface area contributed by atoms with Crippen LogP contribution in [0.4, 0.5) is 10.5 Å². The van der Waals surface area contributed by atoms with Crippen LogP contribution in [0.5, 0.6) is 5.75 Å². The van der Waals surface area contributed by atoms with Gasteiger partial charge < -0.3 is 29.5 Å². The lowest BCUT2D eigenvalue weighted by molar-refractivity contribution is -0.727. The van der Waals surface area contributed by atoms with Gasteiger partial charge in [-0.25, -0.2) is 4.79 Å². The zero-order valence-electron chi connectivity index (χ0n) is 23.4. The summed E-state index contributed by atoms with van der Waals surface area (Å²) in [7, 11) is 0. The van der Waals surface area contributed by atoms with Gasteiger partial charge in [-0.1, -0.05) is 54.6 Å². The van der Waals surface area contributed by atoms with E-state index in [1.165, 1.54) is 16.7 Å². The van der Waals surface area contributed by atoms with Crippen LogP contribution in [-0.2, 0) is 29.2 Å². The van der Waals surface area contributed by atoms with E-state index >= 15 is 0 Å². The molecule has 3 aromatic carbocycles. The number of anilines is 1. The molecule has 0 atom stereocenters. The van der Waals surface area contributed by atoms with Gasteiger partial charge in [0.2, 0.25) is 0 Å². The Kier molecular flexibility index (Phi) is 9.99. The Labute approximate surface area is 245 Å². The van der Waals surface area contributed by atoms with E-state index in [-0.39, 0.29) is 19.4 Å². The van der Waals surface area contributed by atoms with Crippen LogP contribution in [0.25, 0.3) is 11.1 Å². The molecular formula is C33H34N4O5. The zero-order chi connectivity index (χ0) is 29.0. The second-order valence-electron chi connectivity index (χ2n) is 9.76. The molecular weight excluding hydrogens is 532 g/mol. The molecule has 0 unspecified atom stereocenters. The number of carbonyl (C=O) groups is 1. The van der Waals surface area contributed by atoms with Crippen LogP contribution in [0.15, 0.2) is 108 Å². The Morgan fingerprint density at radius 3 is 2.52 bits per heavy atom. The number of nitrogens with zero attached hydrogens (tertiary/aromatic N) is 3. The number of pyridine rings is 1. The number of aromatic nitrogens is 1. The highest BCUT2D eigenvalue weighted by Gasteiger charge is 2.19. The third-order valence-electron chi connectivity index (χ3n) is 6.78. The molecule has 1 amide bonds. The predicted octanol–water partition coefficient (Wildman–Crippen LogP) is 4.02. The number of amides is 1. The molecule has 5 rings (SSSR count). The summed E-state index contributed by atoms with van der Waals surface area (Å²) in [5, 5.41) is 15.2. The molecule has 1 aliphatic heterocycles. The van der Waals surface area contributed by atoms with Crippen molar-refractivity contribution >= 4 is 17.8 Å². The molecule has 9 nitrogen and oxygen atoms in total. The Morgan fingerprint density at radius 2 is 1.71 bits per heavy atom. The van der Waals surface area contributed by atoms with E-state index in [1.807, 2.05) is 48.5 Å². The molecule has 1 N–H and O–H groups in total. The summed E-state index contributed by atoms with van der Waals surface area (Å²) in [5.74, 6) is 0.727. The number of aliphatic imine (C=N–C) groups is 1. The van der Waals surface area contributed by atoms with Gasteiger partial charge in [-0.3, -0.25) is 4.99 Å². The van der Waals surface area contributed by atoms with Crippen molar-refractivity contribution in [2.24, 2.45) is 4.99 Å².